The monoisotopic (exact) mass is 1320 g/mol. The van der Waals surface area contributed by atoms with Crippen molar-refractivity contribution < 1.29 is 68.3 Å². The topological polar surface area (TPSA) is 577 Å². The first-order chi connectivity index (χ1) is 39.4. The number of carbonyl (C=O) groups is 12. The highest BCUT2D eigenvalue weighted by Gasteiger charge is 2.11. The smallest absolute Gasteiger partial charge is 0.219 e. The highest BCUT2D eigenvalue weighted by Crippen LogP contribution is 2.07. The van der Waals surface area contributed by atoms with Crippen LogP contribution in [0.2, 0.25) is 0 Å². The summed E-state index contributed by atoms with van der Waals surface area (Å²) in [6.07, 6.45) is 9.71. The number of likely N-dealkylation sites (tertiary alicyclic amines) is 1. The lowest BCUT2D eigenvalue weighted by molar-refractivity contribution is -0.129. The fraction of sp³-hybridized carbons (Fsp3) is 0.625. The van der Waals surface area contributed by atoms with Crippen molar-refractivity contribution in [3.05, 3.63) is 71.8 Å². The third-order valence-corrected chi connectivity index (χ3v) is 6.75. The molecule has 1 saturated heterocycles. The molecule has 0 saturated carbocycles. The van der Waals surface area contributed by atoms with Crippen LogP contribution in [0.1, 0.15) is 201 Å². The van der Waals surface area contributed by atoms with Crippen LogP contribution in [0.15, 0.2) is 60.7 Å². The van der Waals surface area contributed by atoms with Gasteiger partial charge in [-0.1, -0.05) is 205 Å². The molecule has 89 heavy (non-hydrogen) atoms. The van der Waals surface area contributed by atoms with E-state index in [9.17, 15) is 4.79 Å². The fourth-order valence-electron chi connectivity index (χ4n) is 2.64. The highest BCUT2D eigenvalue weighted by atomic mass is 16.3. The van der Waals surface area contributed by atoms with Gasteiger partial charge in [-0.15, -0.1) is 0 Å². The van der Waals surface area contributed by atoms with Gasteiger partial charge in [0.15, 0.2) is 0 Å². The summed E-state index contributed by atoms with van der Waals surface area (Å²) in [4.78, 5) is 101. The van der Waals surface area contributed by atoms with E-state index in [1.165, 1.54) is 77.8 Å². The van der Waals surface area contributed by atoms with E-state index < -0.39 is 0 Å². The molecule has 25 nitrogen and oxygen atoms in total. The summed E-state index contributed by atoms with van der Waals surface area (Å²) in [5, 5.41) is 8.06. The summed E-state index contributed by atoms with van der Waals surface area (Å²) in [6, 6.07) is 20.9. The summed E-state index contributed by atoms with van der Waals surface area (Å²) in [6.45, 7) is 67.8. The van der Waals surface area contributed by atoms with E-state index in [1.54, 1.807) is 20.8 Å². The SMILES string of the molecule is C=O.C=O.C=O.C=O.C=O.C=O.C=O.C=O.C=O.C=O.C=O.CC.CC.CC(=O)N1CCCCC1.CC(C)C.CC(C)O.CCC(C)C.CCC(C)C.CCC(C)C.CCc1ccccc1.CCc1ccccc1.CN.CN.CN.CN.N.N.N.N.N.N.N.[HH].[HH].[HH].[HH]. The molecule has 1 heterocycles. The van der Waals surface area contributed by atoms with Crippen LogP contribution < -0.4 is 66.0 Å². The van der Waals surface area contributed by atoms with Crippen LogP contribution in [-0.2, 0) is 70.4 Å². The van der Waals surface area contributed by atoms with Crippen LogP contribution in [-0.4, -0.2) is 138 Å². The molecule has 0 radical (unpaired) electrons. The quantitative estimate of drug-likeness (QED) is 0.132. The van der Waals surface area contributed by atoms with Crippen LogP contribution in [0.5, 0.6) is 0 Å². The van der Waals surface area contributed by atoms with Crippen LogP contribution in [0.25, 0.3) is 0 Å². The van der Waals surface area contributed by atoms with Gasteiger partial charge in [0.25, 0.3) is 0 Å². The average Bonchev–Trinajstić information content (AvgIpc) is 3.58. The second kappa shape index (κ2) is 321. The molecule has 1 fully saturated rings. The van der Waals surface area contributed by atoms with Crippen molar-refractivity contribution >= 4 is 80.6 Å². The minimum atomic E-state index is -0.167. The number of carbonyl (C=O) groups excluding carboxylic acids is 12. The molecule has 30 N–H and O–H groups in total. The summed E-state index contributed by atoms with van der Waals surface area (Å²) in [7, 11) is 6.00. The maximum atomic E-state index is 10.7. The minimum absolute atomic E-state index is 0. The number of hydrogen-bond acceptors (Lipinski definition) is 24. The minimum Gasteiger partial charge on any atom is -0.394 e. The molecule has 2 aromatic carbocycles. The Labute approximate surface area is 557 Å². The van der Waals surface area contributed by atoms with Gasteiger partial charge in [0.2, 0.25) is 5.91 Å². The molecule has 0 aromatic heterocycles. The Kier molecular flexibility index (Phi) is 690. The number of nitrogens with zero attached hydrogens (tertiary/aromatic N) is 1. The molecular weight excluding hydrogens is 1140 g/mol. The van der Waals surface area contributed by atoms with E-state index in [1.807, 2.05) is 119 Å². The molecule has 1 aliphatic rings. The van der Waals surface area contributed by atoms with E-state index in [0.717, 1.165) is 49.6 Å². The molecular formula is C64H170N12O13. The number of rotatable bonds is 5. The van der Waals surface area contributed by atoms with Crippen molar-refractivity contribution in [2.24, 2.45) is 46.6 Å². The molecule has 0 aliphatic carbocycles. The predicted molar refractivity (Wildman–Crippen MR) is 406 cm³/mol. The van der Waals surface area contributed by atoms with Crippen molar-refractivity contribution in [1.29, 1.82) is 0 Å². The van der Waals surface area contributed by atoms with Crippen LogP contribution in [0.4, 0.5) is 0 Å². The molecule has 0 unspecified atom stereocenters. The van der Waals surface area contributed by atoms with Crippen molar-refractivity contribution in [3.63, 3.8) is 0 Å². The fourth-order valence-corrected chi connectivity index (χ4v) is 2.64. The van der Waals surface area contributed by atoms with Crippen molar-refractivity contribution in [2.45, 2.75) is 203 Å². The molecule has 0 spiro atoms. The Bertz CT molecular complexity index is 990. The normalized spacial score (nSPS) is 6.98. The molecule has 1 amide bonds. The number of aliphatic hydroxyl groups excluding tert-OH is 1. The lowest BCUT2D eigenvalue weighted by Crippen LogP contribution is -2.33. The maximum Gasteiger partial charge on any atom is 0.219 e. The Morgan fingerprint density at radius 2 is 0.506 bits per heavy atom. The first-order valence-corrected chi connectivity index (χ1v) is 26.9. The predicted octanol–water partition coefficient (Wildman–Crippen LogP) is 14.2. The van der Waals surface area contributed by atoms with Gasteiger partial charge in [-0.05, 0) is 109 Å². The number of benzene rings is 2. The van der Waals surface area contributed by atoms with Gasteiger partial charge in [0.05, 0.1) is 0 Å². The van der Waals surface area contributed by atoms with Crippen LogP contribution in [0, 0.1) is 23.7 Å². The zero-order valence-electron chi connectivity index (χ0n) is 63.1. The van der Waals surface area contributed by atoms with Crippen molar-refractivity contribution in [3.8, 4) is 0 Å². The second-order valence-electron chi connectivity index (χ2n) is 14.5. The van der Waals surface area contributed by atoms with Gasteiger partial charge < -0.3 is 129 Å². The Hall–Kier alpha value is -6.20. The van der Waals surface area contributed by atoms with Gasteiger partial charge in [-0.2, -0.15) is 0 Å². The van der Waals surface area contributed by atoms with Crippen LogP contribution in [0.3, 0.4) is 0 Å². The van der Waals surface area contributed by atoms with Crippen molar-refractivity contribution in [2.75, 3.05) is 41.3 Å². The average molecular weight is 1320 g/mol. The van der Waals surface area contributed by atoms with Crippen molar-refractivity contribution in [1.82, 2.24) is 48.0 Å². The summed E-state index contributed by atoms with van der Waals surface area (Å²) in [5.74, 6) is 3.72. The van der Waals surface area contributed by atoms with Gasteiger partial charge in [-0.3, -0.25) is 4.79 Å². The molecule has 564 valence electrons. The molecule has 1 aliphatic heterocycles. The third kappa shape index (κ3) is 515. The van der Waals surface area contributed by atoms with E-state index in [-0.39, 0.29) is 60.8 Å². The van der Waals surface area contributed by atoms with Gasteiger partial charge in [0.1, 0.15) is 74.7 Å². The maximum absolute atomic E-state index is 10.7. The zero-order valence-corrected chi connectivity index (χ0v) is 63.1. The summed E-state index contributed by atoms with van der Waals surface area (Å²) in [5.41, 5.74) is 20.8. The third-order valence-electron chi connectivity index (χ3n) is 6.75. The number of amides is 1. The molecule has 0 atom stereocenters. The van der Waals surface area contributed by atoms with E-state index >= 15 is 0 Å². The number of piperidine rings is 1. The molecule has 0 bridgehead atoms. The van der Waals surface area contributed by atoms with Gasteiger partial charge in [-0.25, -0.2) is 0 Å². The van der Waals surface area contributed by atoms with Crippen LogP contribution >= 0.6 is 0 Å². The lowest BCUT2D eigenvalue weighted by atomic mass is 10.1. The molecule has 3 rings (SSSR count). The van der Waals surface area contributed by atoms with Gasteiger partial charge in [0, 0.05) is 31.8 Å². The largest absolute Gasteiger partial charge is 0.394 e. The summed E-state index contributed by atoms with van der Waals surface area (Å²) < 4.78 is 0. The zero-order chi connectivity index (χ0) is 72.3. The standard InChI is InChI=1S/2C8H10.C7H13NO.3C5H12.C4H10.C3H8O.2C2H6.4CH5N.11CH2O.7H3N.4H2/c2*1-2-8-6-4-3-5-7-8;1-7(9)8-5-3-2-4-6-8;3*1-4-5(2)3;1-4(2)3;1-3(2)4;17*1-2;;;;;;;;;;;/h2*3-7H,2H2,1H3;2-6H2,1H3;3*5H,4H2,1-3H3;4H,1-3H3;3-4H,1-2H3;2*1-2H3;4*2H2,1H3;11*1H2;7*1H3;4*1H. The van der Waals surface area contributed by atoms with E-state index in [2.05, 4.69) is 168 Å². The number of nitrogens with two attached hydrogens (primary N) is 4. The number of aliphatic hydroxyl groups is 1. The Morgan fingerprint density at radius 1 is 0.382 bits per heavy atom. The number of hydrogen-bond donors (Lipinski definition) is 12. The molecule has 2 aromatic rings. The Morgan fingerprint density at radius 3 is 0.573 bits per heavy atom. The first kappa shape index (κ1) is 191. The van der Waals surface area contributed by atoms with E-state index in [4.69, 9.17) is 57.8 Å². The highest BCUT2D eigenvalue weighted by molar-refractivity contribution is 5.73. The first-order valence-electron chi connectivity index (χ1n) is 26.9. The van der Waals surface area contributed by atoms with Gasteiger partial charge >= 0.3 is 0 Å². The number of aryl methyl sites for hydroxylation is 2. The Balaban J connectivity index is -0.0000000133. The van der Waals surface area contributed by atoms with E-state index in [0.29, 0.717) is 0 Å². The summed E-state index contributed by atoms with van der Waals surface area (Å²) >= 11 is 0. The molecule has 25 heteroatoms. The second-order valence-corrected chi connectivity index (χ2v) is 14.5. The lowest BCUT2D eigenvalue weighted by Gasteiger charge is -2.24.